The number of carbonyl (C=O) groups excluding carboxylic acids is 1. The first-order chi connectivity index (χ1) is 17.4. The predicted molar refractivity (Wildman–Crippen MR) is 114 cm³/mol. The number of nitrogens with one attached hydrogen (secondary N) is 1. The number of aliphatic hydroxyl groups is 2. The van der Waals surface area contributed by atoms with Crippen molar-refractivity contribution in [2.75, 3.05) is 38.0 Å². The van der Waals surface area contributed by atoms with Crippen molar-refractivity contribution in [3.05, 3.63) is 29.3 Å². The van der Waals surface area contributed by atoms with Crippen molar-refractivity contribution in [3.8, 4) is 0 Å². The number of ether oxygens (including phenoxy) is 1. The van der Waals surface area contributed by atoms with Gasteiger partial charge in [-0.2, -0.15) is 39.5 Å². The van der Waals surface area contributed by atoms with E-state index in [2.05, 4.69) is 10.1 Å². The monoisotopic (exact) mass is 567 g/mol. The first-order valence-electron chi connectivity index (χ1n) is 11.6. The highest BCUT2D eigenvalue weighted by Crippen LogP contribution is 2.38. The number of aliphatic hydroxyl groups excluding tert-OH is 1. The van der Waals surface area contributed by atoms with E-state index in [-0.39, 0.29) is 56.5 Å². The second-order valence-electron chi connectivity index (χ2n) is 9.39. The van der Waals surface area contributed by atoms with Gasteiger partial charge in [0.05, 0.1) is 5.56 Å². The molecule has 1 amide bonds. The molecule has 2 aliphatic rings. The standard InChI is InChI=1S/C22H26F9N3O4/c23-20(24,25)15-4-3-12(16(6-15)32-5-1-2-17(35)36)7-33-8-13-10-34(11-14(13)9-33)19(37)38-18(21(26,27)28)22(29,30)31/h3-4,6,13-14,17-18,32,35-36H,1-2,5,7-11H2. The van der Waals surface area contributed by atoms with E-state index < -0.39 is 42.6 Å². The molecule has 0 aromatic heterocycles. The maximum atomic E-state index is 13.2. The number of likely N-dealkylation sites (tertiary alicyclic amines) is 2. The van der Waals surface area contributed by atoms with Gasteiger partial charge in [0.2, 0.25) is 0 Å². The Kier molecular flexibility index (Phi) is 8.98. The van der Waals surface area contributed by atoms with Crippen molar-refractivity contribution in [3.63, 3.8) is 0 Å². The highest BCUT2D eigenvalue weighted by atomic mass is 19.4. The van der Waals surface area contributed by atoms with E-state index in [1.54, 1.807) is 0 Å². The molecular weight excluding hydrogens is 541 g/mol. The zero-order valence-corrected chi connectivity index (χ0v) is 19.7. The first-order valence-corrected chi connectivity index (χ1v) is 11.6. The molecule has 38 heavy (non-hydrogen) atoms. The van der Waals surface area contributed by atoms with Crippen LogP contribution in [-0.4, -0.2) is 83.6 Å². The minimum atomic E-state index is -5.81. The van der Waals surface area contributed by atoms with Crippen LogP contribution in [0.5, 0.6) is 0 Å². The fraction of sp³-hybridized carbons (Fsp3) is 0.682. The molecule has 2 unspecified atom stereocenters. The summed E-state index contributed by atoms with van der Waals surface area (Å²) in [7, 11) is 0. The van der Waals surface area contributed by atoms with Crippen molar-refractivity contribution < 1.29 is 59.3 Å². The first kappa shape index (κ1) is 30.1. The van der Waals surface area contributed by atoms with Gasteiger partial charge in [-0.1, -0.05) is 6.07 Å². The Labute approximate surface area is 211 Å². The van der Waals surface area contributed by atoms with Crippen molar-refractivity contribution >= 4 is 11.8 Å². The van der Waals surface area contributed by atoms with E-state index in [4.69, 9.17) is 10.2 Å². The summed E-state index contributed by atoms with van der Waals surface area (Å²) in [5.41, 5.74) is -0.175. The molecule has 216 valence electrons. The van der Waals surface area contributed by atoms with Crippen molar-refractivity contribution in [2.24, 2.45) is 11.8 Å². The van der Waals surface area contributed by atoms with Crippen LogP contribution in [0.1, 0.15) is 24.0 Å². The molecule has 0 bridgehead atoms. The number of hydrogen-bond donors (Lipinski definition) is 3. The smallest absolute Gasteiger partial charge is 0.426 e. The number of benzene rings is 1. The Bertz CT molecular complexity index is 941. The molecule has 16 heteroatoms. The lowest BCUT2D eigenvalue weighted by Gasteiger charge is -2.26. The summed E-state index contributed by atoms with van der Waals surface area (Å²) in [6.07, 6.45) is -23.4. The molecule has 1 aromatic rings. The normalized spacial score (nSPS) is 20.9. The molecule has 3 rings (SSSR count). The summed E-state index contributed by atoms with van der Waals surface area (Å²) in [6, 6.07) is 3.17. The van der Waals surface area contributed by atoms with E-state index >= 15 is 0 Å². The number of rotatable bonds is 8. The van der Waals surface area contributed by atoms with Crippen LogP contribution in [0.2, 0.25) is 0 Å². The maximum absolute atomic E-state index is 13.2. The number of fused-ring (bicyclic) bond motifs is 1. The van der Waals surface area contributed by atoms with Gasteiger partial charge in [0.25, 0.3) is 6.10 Å². The van der Waals surface area contributed by atoms with Gasteiger partial charge in [-0.05, 0) is 42.4 Å². The molecule has 2 heterocycles. The van der Waals surface area contributed by atoms with Gasteiger partial charge in [-0.15, -0.1) is 0 Å². The van der Waals surface area contributed by atoms with E-state index in [1.165, 1.54) is 6.07 Å². The second-order valence-corrected chi connectivity index (χ2v) is 9.39. The van der Waals surface area contributed by atoms with Crippen LogP contribution in [0.3, 0.4) is 0 Å². The fourth-order valence-corrected chi connectivity index (χ4v) is 4.67. The van der Waals surface area contributed by atoms with E-state index in [0.29, 0.717) is 18.7 Å². The van der Waals surface area contributed by atoms with Gasteiger partial charge >= 0.3 is 24.6 Å². The number of hydrogen-bond acceptors (Lipinski definition) is 6. The molecule has 3 N–H and O–H groups in total. The maximum Gasteiger partial charge on any atom is 0.434 e. The predicted octanol–water partition coefficient (Wildman–Crippen LogP) is 4.20. The topological polar surface area (TPSA) is 85.3 Å². The van der Waals surface area contributed by atoms with Crippen LogP contribution >= 0.6 is 0 Å². The van der Waals surface area contributed by atoms with Crippen LogP contribution in [-0.2, 0) is 17.5 Å². The van der Waals surface area contributed by atoms with Crippen molar-refractivity contribution in [1.29, 1.82) is 0 Å². The summed E-state index contributed by atoms with van der Waals surface area (Å²) in [5, 5.41) is 20.7. The van der Waals surface area contributed by atoms with Gasteiger partial charge in [0, 0.05) is 45.0 Å². The fourth-order valence-electron chi connectivity index (χ4n) is 4.67. The average molecular weight is 567 g/mol. The summed E-state index contributed by atoms with van der Waals surface area (Å²) < 4.78 is 120. The highest BCUT2D eigenvalue weighted by molar-refractivity contribution is 5.68. The Balaban J connectivity index is 1.61. The summed E-state index contributed by atoms with van der Waals surface area (Å²) in [5.74, 6) is -0.538. The van der Waals surface area contributed by atoms with Crippen LogP contribution in [0.25, 0.3) is 0 Å². The Morgan fingerprint density at radius 3 is 2.05 bits per heavy atom. The highest BCUT2D eigenvalue weighted by Gasteiger charge is 2.60. The summed E-state index contributed by atoms with van der Waals surface area (Å²) in [4.78, 5) is 14.7. The number of halogens is 9. The van der Waals surface area contributed by atoms with Crippen molar-refractivity contribution in [2.45, 2.75) is 50.3 Å². The molecule has 2 atom stereocenters. The minimum Gasteiger partial charge on any atom is -0.426 e. The Hall–Kier alpha value is -2.46. The number of alkyl halides is 9. The Morgan fingerprint density at radius 2 is 1.55 bits per heavy atom. The lowest BCUT2D eigenvalue weighted by atomic mass is 10.0. The molecular formula is C22H26F9N3O4. The van der Waals surface area contributed by atoms with Gasteiger partial charge in [0.1, 0.15) is 0 Å². The third-order valence-electron chi connectivity index (χ3n) is 6.42. The average Bonchev–Trinajstić information content (AvgIpc) is 3.32. The largest absolute Gasteiger partial charge is 0.434 e. The van der Waals surface area contributed by atoms with Gasteiger partial charge in [0.15, 0.2) is 6.29 Å². The molecule has 0 saturated carbocycles. The molecule has 2 saturated heterocycles. The molecule has 0 aliphatic carbocycles. The lowest BCUT2D eigenvalue weighted by molar-refractivity contribution is -0.308. The van der Waals surface area contributed by atoms with Crippen molar-refractivity contribution in [1.82, 2.24) is 9.80 Å². The molecule has 0 spiro atoms. The zero-order valence-electron chi connectivity index (χ0n) is 19.7. The summed E-state index contributed by atoms with van der Waals surface area (Å²) >= 11 is 0. The number of amides is 1. The lowest BCUT2D eigenvalue weighted by Crippen LogP contribution is -2.48. The third kappa shape index (κ3) is 7.79. The van der Waals surface area contributed by atoms with Crippen LogP contribution < -0.4 is 5.32 Å². The minimum absolute atomic E-state index is 0.0163. The number of nitrogens with zero attached hydrogens (tertiary/aromatic N) is 2. The number of carbonyl (C=O) groups is 1. The van der Waals surface area contributed by atoms with Crippen LogP contribution in [0.15, 0.2) is 18.2 Å². The Morgan fingerprint density at radius 1 is 0.974 bits per heavy atom. The van der Waals surface area contributed by atoms with Gasteiger partial charge in [-0.3, -0.25) is 4.90 Å². The molecule has 2 aliphatic heterocycles. The molecule has 1 aromatic carbocycles. The van der Waals surface area contributed by atoms with Crippen LogP contribution in [0.4, 0.5) is 50.0 Å². The number of anilines is 1. The van der Waals surface area contributed by atoms with E-state index in [9.17, 15) is 44.3 Å². The van der Waals surface area contributed by atoms with E-state index in [1.807, 2.05) is 4.90 Å². The van der Waals surface area contributed by atoms with Gasteiger partial charge in [-0.25, -0.2) is 4.79 Å². The SMILES string of the molecule is O=C(OC(C(F)(F)F)C(F)(F)F)N1CC2CN(Cc3ccc(C(F)(F)F)cc3NCCCC(O)O)CC2C1. The molecule has 0 radical (unpaired) electrons. The molecule has 2 fully saturated rings. The molecule has 7 nitrogen and oxygen atoms in total. The zero-order chi connectivity index (χ0) is 28.5. The quantitative estimate of drug-likeness (QED) is 0.248. The van der Waals surface area contributed by atoms with Gasteiger partial charge < -0.3 is 25.2 Å². The second kappa shape index (κ2) is 11.3. The third-order valence-corrected chi connectivity index (χ3v) is 6.42. The van der Waals surface area contributed by atoms with E-state index in [0.717, 1.165) is 17.0 Å². The van der Waals surface area contributed by atoms with Crippen LogP contribution in [0, 0.1) is 11.8 Å². The summed E-state index contributed by atoms with van der Waals surface area (Å²) in [6.45, 7) is 0.755.